The summed E-state index contributed by atoms with van der Waals surface area (Å²) in [5, 5.41) is 17.4. The van der Waals surface area contributed by atoms with Crippen LogP contribution in [0.5, 0.6) is 0 Å². The van der Waals surface area contributed by atoms with E-state index >= 15 is 0 Å². The van der Waals surface area contributed by atoms with Crippen molar-refractivity contribution in [1.82, 2.24) is 0 Å². The summed E-state index contributed by atoms with van der Waals surface area (Å²) in [4.78, 5) is 21.3. The molecule has 0 heterocycles. The van der Waals surface area contributed by atoms with Gasteiger partial charge in [-0.3, -0.25) is 0 Å². The Bertz CT molecular complexity index is 349. The van der Waals surface area contributed by atoms with Gasteiger partial charge in [-0.15, -0.1) is 0 Å². The fraction of sp³-hybridized carbons (Fsp3) is 0.200. The summed E-state index contributed by atoms with van der Waals surface area (Å²) in [6.45, 7) is 1.84. The van der Waals surface area contributed by atoms with Crippen LogP contribution in [0.3, 0.4) is 0 Å². The van der Waals surface area contributed by atoms with Crippen LogP contribution in [0.4, 0.5) is 0 Å². The average molecular weight is 194 g/mol. The minimum Gasteiger partial charge on any atom is -0.478 e. The zero-order valence-corrected chi connectivity index (χ0v) is 7.65. The van der Waals surface area contributed by atoms with Crippen molar-refractivity contribution in [1.29, 1.82) is 0 Å². The van der Waals surface area contributed by atoms with E-state index in [4.69, 9.17) is 10.2 Å². The van der Waals surface area contributed by atoms with Crippen LogP contribution in [0, 0.1) is 0 Å². The fourth-order valence-electron chi connectivity index (χ4n) is 1.14. The molecule has 14 heavy (non-hydrogen) atoms. The van der Waals surface area contributed by atoms with Crippen LogP contribution in [0.15, 0.2) is 18.2 Å². The predicted octanol–water partition coefficient (Wildman–Crippen LogP) is 1.65. The number of aromatic carboxylic acids is 2. The molecular weight excluding hydrogens is 184 g/mol. The summed E-state index contributed by atoms with van der Waals surface area (Å²) in [6, 6.07) is 4.12. The van der Waals surface area contributed by atoms with Gasteiger partial charge in [-0.05, 0) is 30.2 Å². The maximum atomic E-state index is 10.7. The fourth-order valence-corrected chi connectivity index (χ4v) is 1.14. The first-order chi connectivity index (χ1) is 6.54. The maximum absolute atomic E-state index is 10.7. The second-order valence-electron chi connectivity index (χ2n) is 2.88. The van der Waals surface area contributed by atoms with Crippen molar-refractivity contribution in [2.75, 3.05) is 0 Å². The Morgan fingerprint density at radius 3 is 1.79 bits per heavy atom. The van der Waals surface area contributed by atoms with E-state index in [9.17, 15) is 9.59 Å². The molecular formula is C10H10O4. The number of aryl methyl sites for hydroxylation is 1. The highest BCUT2D eigenvalue weighted by Crippen LogP contribution is 2.11. The smallest absolute Gasteiger partial charge is 0.335 e. The molecule has 0 aromatic heterocycles. The normalized spacial score (nSPS) is 9.79. The van der Waals surface area contributed by atoms with Gasteiger partial charge < -0.3 is 10.2 Å². The third-order valence-electron chi connectivity index (χ3n) is 1.89. The van der Waals surface area contributed by atoms with Gasteiger partial charge in [-0.2, -0.15) is 0 Å². The van der Waals surface area contributed by atoms with Gasteiger partial charge in [0.2, 0.25) is 0 Å². The van der Waals surface area contributed by atoms with Crippen molar-refractivity contribution < 1.29 is 19.8 Å². The van der Waals surface area contributed by atoms with E-state index in [-0.39, 0.29) is 11.1 Å². The standard InChI is InChI=1S/C10H10O4/c1-2-6-3-7(9(11)12)5-8(4-6)10(13)14/h3-5H,2H2,1H3,(H,11,12)(H,13,14). The largest absolute Gasteiger partial charge is 0.478 e. The van der Waals surface area contributed by atoms with E-state index in [1.54, 1.807) is 0 Å². The second-order valence-corrected chi connectivity index (χ2v) is 2.88. The van der Waals surface area contributed by atoms with Crippen LogP contribution in [0.2, 0.25) is 0 Å². The lowest BCUT2D eigenvalue weighted by Crippen LogP contribution is -2.03. The molecule has 1 aromatic carbocycles. The first-order valence-corrected chi connectivity index (χ1v) is 4.15. The van der Waals surface area contributed by atoms with Crippen LogP contribution in [0.1, 0.15) is 33.2 Å². The summed E-state index contributed by atoms with van der Waals surface area (Å²) >= 11 is 0. The molecule has 0 radical (unpaired) electrons. The van der Waals surface area contributed by atoms with E-state index in [1.807, 2.05) is 6.92 Å². The molecule has 0 spiro atoms. The number of benzene rings is 1. The Hall–Kier alpha value is -1.84. The quantitative estimate of drug-likeness (QED) is 0.767. The van der Waals surface area contributed by atoms with Crippen molar-refractivity contribution in [2.45, 2.75) is 13.3 Å². The maximum Gasteiger partial charge on any atom is 0.335 e. The van der Waals surface area contributed by atoms with Crippen LogP contribution in [0.25, 0.3) is 0 Å². The highest BCUT2D eigenvalue weighted by molar-refractivity contribution is 5.94. The third-order valence-corrected chi connectivity index (χ3v) is 1.89. The van der Waals surface area contributed by atoms with Crippen LogP contribution in [-0.2, 0) is 6.42 Å². The van der Waals surface area contributed by atoms with Crippen molar-refractivity contribution in [3.63, 3.8) is 0 Å². The molecule has 1 aromatic rings. The van der Waals surface area contributed by atoms with Crippen LogP contribution < -0.4 is 0 Å². The number of carboxylic acid groups (broad SMARTS) is 2. The van der Waals surface area contributed by atoms with Crippen molar-refractivity contribution in [3.05, 3.63) is 34.9 Å². The minimum absolute atomic E-state index is 0.0155. The molecule has 2 N–H and O–H groups in total. The topological polar surface area (TPSA) is 74.6 Å². The molecule has 4 heteroatoms. The molecule has 4 nitrogen and oxygen atoms in total. The third kappa shape index (κ3) is 2.10. The lowest BCUT2D eigenvalue weighted by molar-refractivity contribution is 0.0696. The van der Waals surface area contributed by atoms with Gasteiger partial charge in [0.1, 0.15) is 0 Å². The van der Waals surface area contributed by atoms with E-state index in [2.05, 4.69) is 0 Å². The first-order valence-electron chi connectivity index (χ1n) is 4.15. The van der Waals surface area contributed by atoms with Crippen LogP contribution in [-0.4, -0.2) is 22.2 Å². The molecule has 0 aliphatic heterocycles. The molecule has 0 amide bonds. The number of hydrogen-bond acceptors (Lipinski definition) is 2. The van der Waals surface area contributed by atoms with Gasteiger partial charge in [-0.25, -0.2) is 9.59 Å². The average Bonchev–Trinajstić information content (AvgIpc) is 2.16. The Morgan fingerprint density at radius 1 is 1.07 bits per heavy atom. The summed E-state index contributed by atoms with van der Waals surface area (Å²) in [5.41, 5.74) is 0.741. The van der Waals surface area contributed by atoms with Gasteiger partial charge >= 0.3 is 11.9 Å². The molecule has 0 fully saturated rings. The van der Waals surface area contributed by atoms with Gasteiger partial charge in [-0.1, -0.05) is 6.92 Å². The predicted molar refractivity (Wildman–Crippen MR) is 49.7 cm³/mol. The van der Waals surface area contributed by atoms with E-state index in [1.165, 1.54) is 12.1 Å². The Labute approximate surface area is 80.8 Å². The molecule has 0 saturated heterocycles. The minimum atomic E-state index is -1.11. The zero-order valence-electron chi connectivity index (χ0n) is 7.65. The molecule has 0 unspecified atom stereocenters. The van der Waals surface area contributed by atoms with E-state index in [0.29, 0.717) is 12.0 Å². The van der Waals surface area contributed by atoms with Gasteiger partial charge in [0, 0.05) is 0 Å². The van der Waals surface area contributed by atoms with E-state index in [0.717, 1.165) is 6.07 Å². The summed E-state index contributed by atoms with van der Waals surface area (Å²) in [5.74, 6) is -2.22. The number of hydrogen-bond donors (Lipinski definition) is 2. The van der Waals surface area contributed by atoms with Crippen molar-refractivity contribution in [2.24, 2.45) is 0 Å². The monoisotopic (exact) mass is 194 g/mol. The van der Waals surface area contributed by atoms with Crippen molar-refractivity contribution in [3.8, 4) is 0 Å². The highest BCUT2D eigenvalue weighted by atomic mass is 16.4. The second kappa shape index (κ2) is 3.91. The first kappa shape index (κ1) is 10.2. The summed E-state index contributed by atoms with van der Waals surface area (Å²) in [7, 11) is 0. The zero-order chi connectivity index (χ0) is 10.7. The summed E-state index contributed by atoms with van der Waals surface area (Å²) in [6.07, 6.45) is 0.612. The molecule has 0 saturated carbocycles. The van der Waals surface area contributed by atoms with Crippen LogP contribution >= 0.6 is 0 Å². The lowest BCUT2D eigenvalue weighted by atomic mass is 10.0. The number of carboxylic acids is 2. The number of carbonyl (C=O) groups is 2. The summed E-state index contributed by atoms with van der Waals surface area (Å²) < 4.78 is 0. The Balaban J connectivity index is 3.27. The lowest BCUT2D eigenvalue weighted by Gasteiger charge is -2.02. The molecule has 0 bridgehead atoms. The Kier molecular flexibility index (Phi) is 2.86. The SMILES string of the molecule is CCc1cc(C(=O)O)cc(C(=O)O)c1. The molecule has 0 aliphatic carbocycles. The molecule has 0 atom stereocenters. The van der Waals surface area contributed by atoms with Gasteiger partial charge in [0.25, 0.3) is 0 Å². The van der Waals surface area contributed by atoms with E-state index < -0.39 is 11.9 Å². The van der Waals surface area contributed by atoms with Crippen molar-refractivity contribution >= 4 is 11.9 Å². The molecule has 0 aliphatic rings. The Morgan fingerprint density at radius 2 is 1.50 bits per heavy atom. The van der Waals surface area contributed by atoms with Gasteiger partial charge in [0.15, 0.2) is 0 Å². The number of rotatable bonds is 3. The van der Waals surface area contributed by atoms with Gasteiger partial charge in [0.05, 0.1) is 11.1 Å². The molecule has 74 valence electrons. The highest BCUT2D eigenvalue weighted by Gasteiger charge is 2.10. The molecule has 1 rings (SSSR count).